The van der Waals surface area contributed by atoms with Crippen molar-refractivity contribution in [2.45, 2.75) is 205 Å². The molecule has 0 fully saturated rings. The molecule has 0 bridgehead atoms. The van der Waals surface area contributed by atoms with Crippen molar-refractivity contribution in [2.24, 2.45) is 0 Å². The monoisotopic (exact) mass is 598 g/mol. The Morgan fingerprint density at radius 2 is 0.976 bits per heavy atom. The van der Waals surface area contributed by atoms with Gasteiger partial charge in [-0.25, -0.2) is 0 Å². The number of hydrogen-bond acceptors (Lipinski definition) is 5. The molecule has 6 nitrogen and oxygen atoms in total. The van der Waals surface area contributed by atoms with Crippen molar-refractivity contribution in [3.8, 4) is 0 Å². The highest BCUT2D eigenvalue weighted by Crippen LogP contribution is 2.15. The first kappa shape index (κ1) is 41.0. The molecule has 0 rings (SSSR count). The van der Waals surface area contributed by atoms with Crippen LogP contribution in [0.15, 0.2) is 12.2 Å². The number of amides is 1. The Morgan fingerprint density at radius 3 is 1.40 bits per heavy atom. The number of nitrogens with one attached hydrogen (secondary N) is 1. The Kier molecular flexibility index (Phi) is 30.8. The van der Waals surface area contributed by atoms with E-state index in [9.17, 15) is 25.2 Å². The summed E-state index contributed by atoms with van der Waals surface area (Å²) < 4.78 is 0. The average Bonchev–Trinajstić information content (AvgIpc) is 3.00. The molecule has 0 aliphatic heterocycles. The molecule has 0 aliphatic carbocycles. The molecule has 0 saturated carbocycles. The molecule has 4 unspecified atom stereocenters. The maximum absolute atomic E-state index is 12.2. The second-order valence-corrected chi connectivity index (χ2v) is 12.6. The van der Waals surface area contributed by atoms with Gasteiger partial charge < -0.3 is 25.7 Å². The van der Waals surface area contributed by atoms with Crippen molar-refractivity contribution in [2.75, 3.05) is 6.61 Å². The van der Waals surface area contributed by atoms with Crippen molar-refractivity contribution in [3.05, 3.63) is 12.2 Å². The lowest BCUT2D eigenvalue weighted by Crippen LogP contribution is -2.53. The highest BCUT2D eigenvalue weighted by atomic mass is 16.3. The largest absolute Gasteiger partial charge is 0.394 e. The minimum Gasteiger partial charge on any atom is -0.394 e. The quantitative estimate of drug-likeness (QED) is 0.0396. The first-order valence-corrected chi connectivity index (χ1v) is 18.1. The van der Waals surface area contributed by atoms with Crippen LogP contribution < -0.4 is 5.32 Å². The number of allylic oxidation sites excluding steroid dienone is 2. The van der Waals surface area contributed by atoms with Crippen LogP contribution in [0.1, 0.15) is 181 Å². The van der Waals surface area contributed by atoms with Crippen molar-refractivity contribution >= 4 is 5.91 Å². The van der Waals surface area contributed by atoms with Crippen molar-refractivity contribution < 1.29 is 25.2 Å². The molecule has 0 aromatic carbocycles. The van der Waals surface area contributed by atoms with Gasteiger partial charge in [0.15, 0.2) is 0 Å². The maximum atomic E-state index is 12.2. The molecule has 5 N–H and O–H groups in total. The van der Waals surface area contributed by atoms with E-state index in [1.165, 1.54) is 122 Å². The molecule has 0 spiro atoms. The van der Waals surface area contributed by atoms with Crippen molar-refractivity contribution in [1.82, 2.24) is 5.32 Å². The summed E-state index contributed by atoms with van der Waals surface area (Å²) in [5.74, 6) is -0.598. The zero-order valence-electron chi connectivity index (χ0n) is 27.8. The highest BCUT2D eigenvalue weighted by molar-refractivity contribution is 5.80. The number of aliphatic hydroxyl groups excluding tert-OH is 4. The van der Waals surface area contributed by atoms with Gasteiger partial charge in [0.25, 0.3) is 0 Å². The molecule has 6 heteroatoms. The maximum Gasteiger partial charge on any atom is 0.249 e. The third-order valence-corrected chi connectivity index (χ3v) is 8.48. The molecule has 0 heterocycles. The SMILES string of the molecule is CCCCCCCCCCCCCC/C=C\CCCCCCCCCCC(O)C(=O)NC(CO)C(O)C(O)CCCC. The molecule has 1 amide bonds. The fraction of sp³-hybridized carbons (Fsp3) is 0.917. The van der Waals surface area contributed by atoms with E-state index in [1.807, 2.05) is 6.92 Å². The van der Waals surface area contributed by atoms with Gasteiger partial charge in [0.2, 0.25) is 5.91 Å². The number of aliphatic hydroxyl groups is 4. The van der Waals surface area contributed by atoms with E-state index in [0.29, 0.717) is 12.8 Å². The lowest BCUT2D eigenvalue weighted by Gasteiger charge is -2.27. The first-order valence-electron chi connectivity index (χ1n) is 18.1. The highest BCUT2D eigenvalue weighted by Gasteiger charge is 2.28. The van der Waals surface area contributed by atoms with Gasteiger partial charge in [-0.05, 0) is 38.5 Å². The van der Waals surface area contributed by atoms with Crippen LogP contribution in [0, 0.1) is 0 Å². The van der Waals surface area contributed by atoms with Crippen LogP contribution in [-0.4, -0.2) is 57.3 Å². The summed E-state index contributed by atoms with van der Waals surface area (Å²) in [4.78, 5) is 12.2. The molecule has 4 atom stereocenters. The average molecular weight is 598 g/mol. The van der Waals surface area contributed by atoms with Gasteiger partial charge in [0.05, 0.1) is 18.8 Å². The third-order valence-electron chi connectivity index (χ3n) is 8.48. The molecule has 250 valence electrons. The third kappa shape index (κ3) is 25.5. The van der Waals surface area contributed by atoms with Crippen LogP contribution in [0.5, 0.6) is 0 Å². The van der Waals surface area contributed by atoms with E-state index < -0.39 is 36.9 Å². The van der Waals surface area contributed by atoms with Gasteiger partial charge in [-0.1, -0.05) is 154 Å². The van der Waals surface area contributed by atoms with E-state index in [2.05, 4.69) is 24.4 Å². The van der Waals surface area contributed by atoms with Crippen LogP contribution in [0.25, 0.3) is 0 Å². The van der Waals surface area contributed by atoms with Gasteiger partial charge in [-0.3, -0.25) is 4.79 Å². The number of carbonyl (C=O) groups excluding carboxylic acids is 1. The molecule has 0 aliphatic rings. The molecular weight excluding hydrogens is 526 g/mol. The minimum atomic E-state index is -1.25. The zero-order valence-corrected chi connectivity index (χ0v) is 27.8. The smallest absolute Gasteiger partial charge is 0.249 e. The predicted octanol–water partition coefficient (Wildman–Crippen LogP) is 8.28. The van der Waals surface area contributed by atoms with Crippen LogP contribution in [0.4, 0.5) is 0 Å². The van der Waals surface area contributed by atoms with E-state index in [-0.39, 0.29) is 0 Å². The van der Waals surface area contributed by atoms with Crippen LogP contribution >= 0.6 is 0 Å². The summed E-state index contributed by atoms with van der Waals surface area (Å²) in [7, 11) is 0. The van der Waals surface area contributed by atoms with E-state index in [4.69, 9.17) is 0 Å². The van der Waals surface area contributed by atoms with Gasteiger partial charge in [0.1, 0.15) is 12.2 Å². The van der Waals surface area contributed by atoms with Crippen LogP contribution in [0.3, 0.4) is 0 Å². The van der Waals surface area contributed by atoms with Crippen molar-refractivity contribution in [3.63, 3.8) is 0 Å². The second-order valence-electron chi connectivity index (χ2n) is 12.6. The first-order chi connectivity index (χ1) is 20.5. The fourth-order valence-electron chi connectivity index (χ4n) is 5.50. The number of rotatable bonds is 32. The molecule has 0 aromatic rings. The standard InChI is InChI=1S/C36H71NO5/c1-3-5-7-8-9-10-11-12-13-14-15-16-17-18-19-20-21-22-23-24-25-26-27-28-30-34(40)36(42)37-32(31-38)35(41)33(39)29-6-4-2/h18-19,32-35,38-41H,3-17,20-31H2,1-2H3,(H,37,42)/b19-18-. The Hall–Kier alpha value is -0.950. The lowest BCUT2D eigenvalue weighted by atomic mass is 10.0. The molecule has 0 aromatic heterocycles. The number of hydrogen-bond donors (Lipinski definition) is 5. The normalized spacial score (nSPS) is 14.7. The van der Waals surface area contributed by atoms with Crippen molar-refractivity contribution in [1.29, 1.82) is 0 Å². The Morgan fingerprint density at radius 1 is 0.571 bits per heavy atom. The number of unbranched alkanes of at least 4 members (excludes halogenated alkanes) is 21. The molecule has 0 saturated heterocycles. The van der Waals surface area contributed by atoms with E-state index in [1.54, 1.807) is 0 Å². The zero-order chi connectivity index (χ0) is 31.1. The lowest BCUT2D eigenvalue weighted by molar-refractivity contribution is -0.132. The molecule has 42 heavy (non-hydrogen) atoms. The van der Waals surface area contributed by atoms with E-state index >= 15 is 0 Å². The Labute approximate surface area is 260 Å². The predicted molar refractivity (Wildman–Crippen MR) is 178 cm³/mol. The molecule has 0 radical (unpaired) electrons. The summed E-state index contributed by atoms with van der Waals surface area (Å²) in [6.45, 7) is 3.78. The van der Waals surface area contributed by atoms with Gasteiger partial charge >= 0.3 is 0 Å². The van der Waals surface area contributed by atoms with Crippen LogP contribution in [-0.2, 0) is 4.79 Å². The summed E-state index contributed by atoms with van der Waals surface area (Å²) in [5.41, 5.74) is 0. The fourth-order valence-corrected chi connectivity index (χ4v) is 5.50. The Bertz CT molecular complexity index is 599. The van der Waals surface area contributed by atoms with E-state index in [0.717, 1.165) is 32.1 Å². The summed E-state index contributed by atoms with van der Waals surface area (Å²) in [6.07, 6.45) is 32.2. The van der Waals surface area contributed by atoms with Gasteiger partial charge in [0, 0.05) is 0 Å². The van der Waals surface area contributed by atoms with Gasteiger partial charge in [-0.15, -0.1) is 0 Å². The van der Waals surface area contributed by atoms with Crippen LogP contribution in [0.2, 0.25) is 0 Å². The Balaban J connectivity index is 3.53. The second kappa shape index (κ2) is 31.5. The van der Waals surface area contributed by atoms with Gasteiger partial charge in [-0.2, -0.15) is 0 Å². The minimum absolute atomic E-state index is 0.365. The topological polar surface area (TPSA) is 110 Å². The molecular formula is C36H71NO5. The summed E-state index contributed by atoms with van der Waals surface area (Å²) >= 11 is 0. The summed E-state index contributed by atoms with van der Waals surface area (Å²) in [5, 5.41) is 42.4. The summed E-state index contributed by atoms with van der Waals surface area (Å²) in [6, 6.07) is -0.978. The number of carbonyl (C=O) groups is 1.